The van der Waals surface area contributed by atoms with Gasteiger partial charge in [-0.1, -0.05) is 37.8 Å². The second-order valence-corrected chi connectivity index (χ2v) is 7.03. The van der Waals surface area contributed by atoms with Crippen LogP contribution in [0.15, 0.2) is 24.3 Å². The van der Waals surface area contributed by atoms with Gasteiger partial charge in [0.05, 0.1) is 0 Å². The van der Waals surface area contributed by atoms with Crippen molar-refractivity contribution in [2.24, 2.45) is 17.8 Å². The summed E-state index contributed by atoms with van der Waals surface area (Å²) in [6, 6.07) is 8.16. The number of carbonyl (C=O) groups excluding carboxylic acids is 1. The van der Waals surface area contributed by atoms with E-state index in [-0.39, 0.29) is 11.8 Å². The summed E-state index contributed by atoms with van der Waals surface area (Å²) >= 11 is 0. The number of rotatable bonds is 4. The number of nitrogens with one attached hydrogen (secondary N) is 2. The maximum absolute atomic E-state index is 12.6. The highest BCUT2D eigenvalue weighted by molar-refractivity contribution is 5.92. The van der Waals surface area contributed by atoms with Crippen LogP contribution in [0.5, 0.6) is 0 Å². The molecule has 1 aromatic carbocycles. The Morgan fingerprint density at radius 3 is 2.77 bits per heavy atom. The van der Waals surface area contributed by atoms with E-state index in [9.17, 15) is 4.79 Å². The van der Waals surface area contributed by atoms with E-state index in [4.69, 9.17) is 0 Å². The van der Waals surface area contributed by atoms with Crippen LogP contribution in [0.3, 0.4) is 0 Å². The highest BCUT2D eigenvalue weighted by atomic mass is 16.1. The van der Waals surface area contributed by atoms with Gasteiger partial charge in [-0.25, -0.2) is 0 Å². The molecule has 0 saturated heterocycles. The maximum Gasteiger partial charge on any atom is 0.227 e. The Labute approximate surface area is 133 Å². The highest BCUT2D eigenvalue weighted by Crippen LogP contribution is 2.42. The molecule has 120 valence electrons. The molecule has 1 amide bonds. The van der Waals surface area contributed by atoms with E-state index in [0.29, 0.717) is 0 Å². The first-order valence-corrected chi connectivity index (χ1v) is 8.80. The number of amides is 1. The average Bonchev–Trinajstić information content (AvgIpc) is 2.55. The molecule has 0 radical (unpaired) electrons. The number of carbonyl (C=O) groups is 1. The van der Waals surface area contributed by atoms with Crippen LogP contribution in [0.25, 0.3) is 0 Å². The van der Waals surface area contributed by atoms with Crippen LogP contribution in [0, 0.1) is 17.8 Å². The third-order valence-electron chi connectivity index (χ3n) is 5.49. The largest absolute Gasteiger partial charge is 0.326 e. The van der Waals surface area contributed by atoms with E-state index in [1.54, 1.807) is 0 Å². The molecule has 0 spiro atoms. The lowest BCUT2D eigenvalue weighted by Crippen LogP contribution is -2.33. The number of fused-ring (bicyclic) bond motifs is 1. The van der Waals surface area contributed by atoms with E-state index < -0.39 is 0 Å². The fraction of sp³-hybridized carbons (Fsp3) is 0.632. The molecule has 0 aliphatic heterocycles. The monoisotopic (exact) mass is 300 g/mol. The molecule has 2 fully saturated rings. The van der Waals surface area contributed by atoms with Gasteiger partial charge in [0, 0.05) is 18.2 Å². The lowest BCUT2D eigenvalue weighted by molar-refractivity contribution is -0.122. The smallest absolute Gasteiger partial charge is 0.227 e. The standard InChI is InChI=1S/C19H28N2O/c1-20-13-14-5-4-8-18(11-14)21-19(22)17-10-9-15-6-2-3-7-16(15)12-17/h4-5,8,11,15-17,20H,2-3,6-7,9-10,12-13H2,1H3,(H,21,22). The molecule has 0 bridgehead atoms. The Morgan fingerprint density at radius 2 is 1.95 bits per heavy atom. The van der Waals surface area contributed by atoms with Gasteiger partial charge in [-0.2, -0.15) is 0 Å². The van der Waals surface area contributed by atoms with Crippen molar-refractivity contribution in [3.05, 3.63) is 29.8 Å². The Hall–Kier alpha value is -1.35. The van der Waals surface area contributed by atoms with E-state index >= 15 is 0 Å². The van der Waals surface area contributed by atoms with Crippen molar-refractivity contribution in [1.29, 1.82) is 0 Å². The fourth-order valence-electron chi connectivity index (χ4n) is 4.32. The molecule has 0 aromatic heterocycles. The number of anilines is 1. The van der Waals surface area contributed by atoms with Crippen molar-refractivity contribution in [2.75, 3.05) is 12.4 Å². The Morgan fingerprint density at radius 1 is 1.14 bits per heavy atom. The van der Waals surface area contributed by atoms with Crippen molar-refractivity contribution >= 4 is 11.6 Å². The normalized spacial score (nSPS) is 28.0. The first kappa shape index (κ1) is 15.5. The fourth-order valence-corrected chi connectivity index (χ4v) is 4.32. The molecular formula is C19H28N2O. The highest BCUT2D eigenvalue weighted by Gasteiger charge is 2.34. The summed E-state index contributed by atoms with van der Waals surface area (Å²) in [5.74, 6) is 2.14. The van der Waals surface area contributed by atoms with Crippen LogP contribution in [-0.2, 0) is 11.3 Å². The Bertz CT molecular complexity index is 514. The van der Waals surface area contributed by atoms with E-state index in [1.165, 1.54) is 37.7 Å². The van der Waals surface area contributed by atoms with Gasteiger partial charge < -0.3 is 10.6 Å². The second kappa shape index (κ2) is 7.28. The van der Waals surface area contributed by atoms with E-state index in [0.717, 1.165) is 36.9 Å². The molecule has 3 unspecified atom stereocenters. The van der Waals surface area contributed by atoms with Gasteiger partial charge in [0.25, 0.3) is 0 Å². The summed E-state index contributed by atoms with van der Waals surface area (Å²) in [4.78, 5) is 12.6. The predicted octanol–water partition coefficient (Wildman–Crippen LogP) is 3.95. The summed E-state index contributed by atoms with van der Waals surface area (Å²) in [6.45, 7) is 0.830. The minimum absolute atomic E-state index is 0.215. The molecule has 2 aliphatic carbocycles. The molecular weight excluding hydrogens is 272 g/mol. The molecule has 3 nitrogen and oxygen atoms in total. The van der Waals surface area contributed by atoms with Crippen molar-refractivity contribution in [1.82, 2.24) is 5.32 Å². The average molecular weight is 300 g/mol. The Kier molecular flexibility index (Phi) is 5.14. The van der Waals surface area contributed by atoms with Crippen LogP contribution in [0.4, 0.5) is 5.69 Å². The van der Waals surface area contributed by atoms with Gasteiger partial charge in [-0.15, -0.1) is 0 Å². The molecule has 3 heteroatoms. The zero-order valence-corrected chi connectivity index (χ0v) is 13.6. The van der Waals surface area contributed by atoms with Gasteiger partial charge in [-0.05, 0) is 55.8 Å². The molecule has 3 atom stereocenters. The zero-order chi connectivity index (χ0) is 15.4. The van der Waals surface area contributed by atoms with Gasteiger partial charge in [0.1, 0.15) is 0 Å². The lowest BCUT2D eigenvalue weighted by Gasteiger charge is -2.38. The topological polar surface area (TPSA) is 41.1 Å². The zero-order valence-electron chi connectivity index (χ0n) is 13.6. The number of hydrogen-bond acceptors (Lipinski definition) is 2. The molecule has 3 rings (SSSR count). The molecule has 2 aliphatic rings. The van der Waals surface area contributed by atoms with Crippen LogP contribution in [0.2, 0.25) is 0 Å². The van der Waals surface area contributed by atoms with Crippen LogP contribution < -0.4 is 10.6 Å². The van der Waals surface area contributed by atoms with Crippen LogP contribution in [-0.4, -0.2) is 13.0 Å². The second-order valence-electron chi connectivity index (χ2n) is 7.03. The first-order valence-electron chi connectivity index (χ1n) is 8.80. The molecule has 2 saturated carbocycles. The van der Waals surface area contributed by atoms with Crippen LogP contribution >= 0.6 is 0 Å². The lowest BCUT2D eigenvalue weighted by atomic mass is 9.67. The summed E-state index contributed by atoms with van der Waals surface area (Å²) in [6.07, 6.45) is 8.92. The van der Waals surface area contributed by atoms with Gasteiger partial charge >= 0.3 is 0 Å². The van der Waals surface area contributed by atoms with Gasteiger partial charge in [-0.3, -0.25) is 4.79 Å². The summed E-state index contributed by atoms with van der Waals surface area (Å²) < 4.78 is 0. The third kappa shape index (κ3) is 3.70. The Balaban J connectivity index is 1.58. The van der Waals surface area contributed by atoms with Crippen LogP contribution in [0.1, 0.15) is 50.5 Å². The first-order chi connectivity index (χ1) is 10.8. The summed E-state index contributed by atoms with van der Waals surface area (Å²) in [5.41, 5.74) is 2.14. The van der Waals surface area contributed by atoms with Crippen molar-refractivity contribution in [3.8, 4) is 0 Å². The van der Waals surface area contributed by atoms with Gasteiger partial charge in [0.15, 0.2) is 0 Å². The van der Waals surface area contributed by atoms with E-state index in [2.05, 4.69) is 22.8 Å². The molecule has 0 heterocycles. The predicted molar refractivity (Wildman–Crippen MR) is 90.6 cm³/mol. The molecule has 22 heavy (non-hydrogen) atoms. The molecule has 2 N–H and O–H groups in total. The minimum Gasteiger partial charge on any atom is -0.326 e. The van der Waals surface area contributed by atoms with Gasteiger partial charge in [0.2, 0.25) is 5.91 Å². The maximum atomic E-state index is 12.6. The third-order valence-corrected chi connectivity index (χ3v) is 5.49. The summed E-state index contributed by atoms with van der Waals surface area (Å²) in [5, 5.41) is 6.29. The van der Waals surface area contributed by atoms with Crippen molar-refractivity contribution < 1.29 is 4.79 Å². The quantitative estimate of drug-likeness (QED) is 0.884. The van der Waals surface area contributed by atoms with Crippen molar-refractivity contribution in [3.63, 3.8) is 0 Å². The minimum atomic E-state index is 0.215. The van der Waals surface area contributed by atoms with Crippen molar-refractivity contribution in [2.45, 2.75) is 51.5 Å². The SMILES string of the molecule is CNCc1cccc(NC(=O)C2CCC3CCCCC3C2)c1. The van der Waals surface area contributed by atoms with E-state index in [1.807, 2.05) is 19.2 Å². The molecule has 1 aromatic rings. The number of hydrogen-bond donors (Lipinski definition) is 2. The summed E-state index contributed by atoms with van der Waals surface area (Å²) in [7, 11) is 1.94. The number of benzene rings is 1.